The molecule has 0 aromatic heterocycles. The number of ether oxygens (including phenoxy) is 2. The van der Waals surface area contributed by atoms with Gasteiger partial charge in [-0.25, -0.2) is 0 Å². The van der Waals surface area contributed by atoms with Crippen LogP contribution in [-0.2, 0) is 4.79 Å². The largest absolute Gasteiger partial charge is 0.493 e. The molecule has 0 aliphatic carbocycles. The number of amides is 1. The predicted octanol–water partition coefficient (Wildman–Crippen LogP) is 4.35. The molecular weight excluding hydrogens is 314 g/mol. The second-order valence-electron chi connectivity index (χ2n) is 6.26. The lowest BCUT2D eigenvalue weighted by atomic mass is 10.00. The van der Waals surface area contributed by atoms with Gasteiger partial charge in [0, 0.05) is 0 Å². The molecule has 0 aliphatic heterocycles. The molecule has 1 amide bonds. The number of carbonyl (C=O) groups is 1. The molecule has 0 aliphatic rings. The Hall–Kier alpha value is -2.49. The van der Waals surface area contributed by atoms with Crippen molar-refractivity contribution >= 4 is 5.91 Å². The molecule has 0 spiro atoms. The molecular formula is C21H27NO3. The fraction of sp³-hybridized carbons (Fsp3) is 0.381. The summed E-state index contributed by atoms with van der Waals surface area (Å²) < 4.78 is 11.2. The summed E-state index contributed by atoms with van der Waals surface area (Å²) in [5.74, 6) is 1.07. The van der Waals surface area contributed by atoms with Crippen molar-refractivity contribution in [3.8, 4) is 11.5 Å². The predicted molar refractivity (Wildman–Crippen MR) is 100 cm³/mol. The van der Waals surface area contributed by atoms with Crippen LogP contribution in [0.1, 0.15) is 43.0 Å². The zero-order valence-corrected chi connectivity index (χ0v) is 15.6. The minimum absolute atomic E-state index is 0.0802. The summed E-state index contributed by atoms with van der Waals surface area (Å²) in [6.07, 6.45) is 0.00763. The molecule has 2 rings (SSSR count). The number of nitrogens with one attached hydrogen (secondary N) is 1. The Kier molecular flexibility index (Phi) is 6.45. The van der Waals surface area contributed by atoms with Crippen LogP contribution < -0.4 is 14.8 Å². The quantitative estimate of drug-likeness (QED) is 0.814. The number of hydrogen-bond acceptors (Lipinski definition) is 3. The van der Waals surface area contributed by atoms with Gasteiger partial charge < -0.3 is 14.8 Å². The molecule has 0 unspecified atom stereocenters. The van der Waals surface area contributed by atoms with E-state index in [0.717, 1.165) is 5.56 Å². The molecule has 0 fully saturated rings. The van der Waals surface area contributed by atoms with E-state index in [1.54, 1.807) is 7.11 Å². The average molecular weight is 341 g/mol. The van der Waals surface area contributed by atoms with Gasteiger partial charge in [-0.1, -0.05) is 42.8 Å². The Balaban J connectivity index is 2.09. The number of rotatable bonds is 7. The number of para-hydroxylation sites is 2. The van der Waals surface area contributed by atoms with Crippen LogP contribution in [0.15, 0.2) is 42.5 Å². The number of hydrogen-bond donors (Lipinski definition) is 1. The number of aryl methyl sites for hydroxylation is 2. The standard InChI is InChI=1S/C21H27NO3/c1-6-18(25-20-10-8-7-9-19(20)24-5)21(23)22-16(4)17-12-11-14(2)13-15(17)3/h7-13,16,18H,6H2,1-5H3,(H,22,23)/t16-,18-/m1/s1. The Bertz CT molecular complexity index is 727. The molecule has 0 radical (unpaired) electrons. The molecule has 2 aromatic rings. The van der Waals surface area contributed by atoms with E-state index >= 15 is 0 Å². The van der Waals surface area contributed by atoms with Crippen LogP contribution in [0.25, 0.3) is 0 Å². The van der Waals surface area contributed by atoms with Crippen LogP contribution in [-0.4, -0.2) is 19.1 Å². The molecule has 0 bridgehead atoms. The molecule has 0 saturated heterocycles. The summed E-state index contributed by atoms with van der Waals surface area (Å²) >= 11 is 0. The highest BCUT2D eigenvalue weighted by Crippen LogP contribution is 2.27. The topological polar surface area (TPSA) is 47.6 Å². The summed E-state index contributed by atoms with van der Waals surface area (Å²) in [5, 5.41) is 3.06. The summed E-state index contributed by atoms with van der Waals surface area (Å²) in [7, 11) is 1.59. The lowest BCUT2D eigenvalue weighted by Gasteiger charge is -2.22. The third-order valence-corrected chi connectivity index (χ3v) is 4.25. The summed E-state index contributed by atoms with van der Waals surface area (Å²) in [4.78, 5) is 12.7. The Labute approximate surface area is 150 Å². The van der Waals surface area contributed by atoms with Crippen LogP contribution >= 0.6 is 0 Å². The van der Waals surface area contributed by atoms with E-state index in [1.165, 1.54) is 11.1 Å². The van der Waals surface area contributed by atoms with Crippen molar-refractivity contribution in [3.05, 3.63) is 59.2 Å². The number of carbonyl (C=O) groups excluding carboxylic acids is 1. The van der Waals surface area contributed by atoms with Gasteiger partial charge in [0.25, 0.3) is 5.91 Å². The van der Waals surface area contributed by atoms with Crippen molar-refractivity contribution in [2.24, 2.45) is 0 Å². The third kappa shape index (κ3) is 4.75. The fourth-order valence-electron chi connectivity index (χ4n) is 2.89. The first-order valence-electron chi connectivity index (χ1n) is 8.63. The first kappa shape index (κ1) is 18.8. The molecule has 0 saturated carbocycles. The zero-order chi connectivity index (χ0) is 18.4. The summed E-state index contributed by atoms with van der Waals surface area (Å²) in [5.41, 5.74) is 3.50. The molecule has 1 N–H and O–H groups in total. The summed E-state index contributed by atoms with van der Waals surface area (Å²) in [6.45, 7) is 8.05. The first-order valence-corrected chi connectivity index (χ1v) is 8.63. The van der Waals surface area contributed by atoms with Crippen LogP contribution in [0.4, 0.5) is 0 Å². The lowest BCUT2D eigenvalue weighted by molar-refractivity contribution is -0.128. The van der Waals surface area contributed by atoms with E-state index in [0.29, 0.717) is 17.9 Å². The molecule has 25 heavy (non-hydrogen) atoms. The first-order chi connectivity index (χ1) is 12.0. The number of benzene rings is 2. The molecule has 2 atom stereocenters. The third-order valence-electron chi connectivity index (χ3n) is 4.25. The molecule has 4 heteroatoms. The van der Waals surface area contributed by atoms with E-state index in [4.69, 9.17) is 9.47 Å². The van der Waals surface area contributed by atoms with E-state index in [1.807, 2.05) is 38.1 Å². The van der Waals surface area contributed by atoms with Crippen molar-refractivity contribution in [2.45, 2.75) is 46.3 Å². The molecule has 0 heterocycles. The second kappa shape index (κ2) is 8.56. The monoisotopic (exact) mass is 341 g/mol. The number of methoxy groups -OCH3 is 1. The van der Waals surface area contributed by atoms with Crippen molar-refractivity contribution < 1.29 is 14.3 Å². The van der Waals surface area contributed by atoms with Crippen molar-refractivity contribution in [3.63, 3.8) is 0 Å². The highest BCUT2D eigenvalue weighted by molar-refractivity contribution is 5.81. The van der Waals surface area contributed by atoms with Crippen LogP contribution in [0.2, 0.25) is 0 Å². The van der Waals surface area contributed by atoms with Gasteiger partial charge in [0.1, 0.15) is 0 Å². The highest BCUT2D eigenvalue weighted by atomic mass is 16.5. The molecule has 134 valence electrons. The molecule has 2 aromatic carbocycles. The van der Waals surface area contributed by atoms with E-state index in [2.05, 4.69) is 37.4 Å². The van der Waals surface area contributed by atoms with Gasteiger partial charge in [-0.15, -0.1) is 0 Å². The minimum Gasteiger partial charge on any atom is -0.493 e. The van der Waals surface area contributed by atoms with Crippen LogP contribution in [0, 0.1) is 13.8 Å². The van der Waals surface area contributed by atoms with Gasteiger partial charge in [-0.3, -0.25) is 4.79 Å². The summed E-state index contributed by atoms with van der Waals surface area (Å²) in [6, 6.07) is 13.5. The van der Waals surface area contributed by atoms with Crippen molar-refractivity contribution in [1.82, 2.24) is 5.32 Å². The van der Waals surface area contributed by atoms with E-state index in [9.17, 15) is 4.79 Å². The van der Waals surface area contributed by atoms with E-state index in [-0.39, 0.29) is 11.9 Å². The van der Waals surface area contributed by atoms with Gasteiger partial charge in [0.05, 0.1) is 13.2 Å². The smallest absolute Gasteiger partial charge is 0.261 e. The van der Waals surface area contributed by atoms with Gasteiger partial charge in [0.15, 0.2) is 17.6 Å². The lowest BCUT2D eigenvalue weighted by Crippen LogP contribution is -2.39. The highest BCUT2D eigenvalue weighted by Gasteiger charge is 2.22. The van der Waals surface area contributed by atoms with Crippen molar-refractivity contribution in [2.75, 3.05) is 7.11 Å². The van der Waals surface area contributed by atoms with Gasteiger partial charge >= 0.3 is 0 Å². The maximum absolute atomic E-state index is 12.7. The van der Waals surface area contributed by atoms with Gasteiger partial charge in [-0.05, 0) is 50.5 Å². The maximum Gasteiger partial charge on any atom is 0.261 e. The normalized spacial score (nSPS) is 13.0. The maximum atomic E-state index is 12.7. The molecule has 4 nitrogen and oxygen atoms in total. The van der Waals surface area contributed by atoms with Crippen LogP contribution in [0.3, 0.4) is 0 Å². The average Bonchev–Trinajstić information content (AvgIpc) is 2.59. The Morgan fingerprint density at radius 3 is 2.40 bits per heavy atom. The van der Waals surface area contributed by atoms with Gasteiger partial charge in [0.2, 0.25) is 0 Å². The van der Waals surface area contributed by atoms with Gasteiger partial charge in [-0.2, -0.15) is 0 Å². The Morgan fingerprint density at radius 2 is 1.80 bits per heavy atom. The Morgan fingerprint density at radius 1 is 1.12 bits per heavy atom. The SMILES string of the molecule is CC[C@@H](Oc1ccccc1OC)C(=O)N[C@H](C)c1ccc(C)cc1C. The second-order valence-corrected chi connectivity index (χ2v) is 6.26. The fourth-order valence-corrected chi connectivity index (χ4v) is 2.89. The minimum atomic E-state index is -0.565. The van der Waals surface area contributed by atoms with Crippen molar-refractivity contribution in [1.29, 1.82) is 0 Å². The zero-order valence-electron chi connectivity index (χ0n) is 15.6. The van der Waals surface area contributed by atoms with E-state index < -0.39 is 6.10 Å². The van der Waals surface area contributed by atoms with Crippen LogP contribution in [0.5, 0.6) is 11.5 Å².